The summed E-state index contributed by atoms with van der Waals surface area (Å²) in [5.74, 6) is 0.696. The summed E-state index contributed by atoms with van der Waals surface area (Å²) in [6.07, 6.45) is 4.76. The van der Waals surface area contributed by atoms with Crippen LogP contribution in [0.25, 0.3) is 0 Å². The SMILES string of the molecule is C=C(OCC)[C@@H](C[C@H](C)CCC=C(C)C)Oc1cccc(F)n1. The minimum Gasteiger partial charge on any atom is -0.495 e. The van der Waals surface area contributed by atoms with Gasteiger partial charge in [-0.1, -0.05) is 31.2 Å². The van der Waals surface area contributed by atoms with Crippen LogP contribution in [0.5, 0.6) is 5.88 Å². The largest absolute Gasteiger partial charge is 0.495 e. The minimum atomic E-state index is -0.556. The van der Waals surface area contributed by atoms with Crippen LogP contribution in [0, 0.1) is 11.9 Å². The lowest BCUT2D eigenvalue weighted by Crippen LogP contribution is -2.24. The standard InChI is InChI=1S/C19H28FNO2/c1-6-22-16(5)17(13-15(4)10-7-9-14(2)3)23-19-12-8-11-18(20)21-19/h8-9,11-12,15,17H,5-7,10,13H2,1-4H3/t15-,17-/m1/s1. The summed E-state index contributed by atoms with van der Waals surface area (Å²) in [6.45, 7) is 12.8. The second-order valence-corrected chi connectivity index (χ2v) is 6.00. The Bertz CT molecular complexity index is 524. The van der Waals surface area contributed by atoms with Crippen molar-refractivity contribution in [1.82, 2.24) is 4.98 Å². The van der Waals surface area contributed by atoms with Crippen LogP contribution in [0.1, 0.15) is 47.0 Å². The molecule has 0 aromatic carbocycles. The molecule has 0 saturated heterocycles. The highest BCUT2D eigenvalue weighted by atomic mass is 19.1. The lowest BCUT2D eigenvalue weighted by molar-refractivity contribution is 0.104. The number of rotatable bonds is 10. The normalized spacial score (nSPS) is 13.1. The molecule has 0 radical (unpaired) electrons. The number of ether oxygens (including phenoxy) is 2. The fraction of sp³-hybridized carbons (Fsp3) is 0.526. The van der Waals surface area contributed by atoms with E-state index in [1.54, 1.807) is 12.1 Å². The maximum absolute atomic E-state index is 13.2. The maximum Gasteiger partial charge on any atom is 0.216 e. The van der Waals surface area contributed by atoms with Crippen molar-refractivity contribution in [2.75, 3.05) is 6.61 Å². The summed E-state index contributed by atoms with van der Waals surface area (Å²) in [7, 11) is 0. The van der Waals surface area contributed by atoms with Gasteiger partial charge in [0.1, 0.15) is 5.76 Å². The van der Waals surface area contributed by atoms with Crippen molar-refractivity contribution in [3.05, 3.63) is 48.1 Å². The molecule has 2 atom stereocenters. The van der Waals surface area contributed by atoms with Gasteiger partial charge in [0.05, 0.1) is 6.61 Å². The molecule has 1 rings (SSSR count). The number of hydrogen-bond acceptors (Lipinski definition) is 3. The Labute approximate surface area is 139 Å². The zero-order valence-electron chi connectivity index (χ0n) is 14.6. The van der Waals surface area contributed by atoms with Crippen LogP contribution >= 0.6 is 0 Å². The van der Waals surface area contributed by atoms with Gasteiger partial charge in [-0.15, -0.1) is 0 Å². The molecule has 0 saturated carbocycles. The first-order valence-electron chi connectivity index (χ1n) is 8.16. The van der Waals surface area contributed by atoms with Crippen molar-refractivity contribution in [2.24, 2.45) is 5.92 Å². The molecular formula is C19H28FNO2. The molecule has 0 spiro atoms. The van der Waals surface area contributed by atoms with Crippen LogP contribution in [-0.4, -0.2) is 17.7 Å². The molecule has 23 heavy (non-hydrogen) atoms. The molecule has 0 bridgehead atoms. The quantitative estimate of drug-likeness (QED) is 0.333. The van der Waals surface area contributed by atoms with Gasteiger partial charge < -0.3 is 9.47 Å². The summed E-state index contributed by atoms with van der Waals surface area (Å²) in [4.78, 5) is 3.75. The van der Waals surface area contributed by atoms with Crippen molar-refractivity contribution in [3.8, 4) is 5.88 Å². The van der Waals surface area contributed by atoms with Crippen molar-refractivity contribution in [3.63, 3.8) is 0 Å². The number of allylic oxidation sites excluding steroid dienone is 2. The molecule has 0 N–H and O–H groups in total. The first kappa shape index (κ1) is 19.2. The van der Waals surface area contributed by atoms with E-state index in [1.165, 1.54) is 11.6 Å². The van der Waals surface area contributed by atoms with Crippen LogP contribution in [0.15, 0.2) is 42.2 Å². The minimum absolute atomic E-state index is 0.257. The first-order chi connectivity index (χ1) is 10.9. The van der Waals surface area contributed by atoms with E-state index in [4.69, 9.17) is 9.47 Å². The van der Waals surface area contributed by atoms with E-state index in [9.17, 15) is 4.39 Å². The summed E-state index contributed by atoms with van der Waals surface area (Å²) in [6, 6.07) is 4.51. The molecular weight excluding hydrogens is 293 g/mol. The third-order valence-electron chi connectivity index (χ3n) is 3.47. The average molecular weight is 321 g/mol. The van der Waals surface area contributed by atoms with E-state index >= 15 is 0 Å². The van der Waals surface area contributed by atoms with E-state index in [2.05, 4.69) is 38.4 Å². The molecule has 1 heterocycles. The Morgan fingerprint density at radius 2 is 2.13 bits per heavy atom. The van der Waals surface area contributed by atoms with Crippen LogP contribution in [0.4, 0.5) is 4.39 Å². The summed E-state index contributed by atoms with van der Waals surface area (Å²) in [5, 5.41) is 0. The van der Waals surface area contributed by atoms with Gasteiger partial charge in [-0.2, -0.15) is 9.37 Å². The van der Waals surface area contributed by atoms with Gasteiger partial charge in [0, 0.05) is 6.07 Å². The first-order valence-corrected chi connectivity index (χ1v) is 8.16. The maximum atomic E-state index is 13.2. The average Bonchev–Trinajstić information content (AvgIpc) is 2.46. The summed E-state index contributed by atoms with van der Waals surface area (Å²) >= 11 is 0. The Morgan fingerprint density at radius 3 is 2.74 bits per heavy atom. The molecule has 1 aromatic rings. The van der Waals surface area contributed by atoms with Crippen LogP contribution in [-0.2, 0) is 4.74 Å². The topological polar surface area (TPSA) is 31.4 Å². The Balaban J connectivity index is 2.68. The fourth-order valence-corrected chi connectivity index (χ4v) is 2.26. The van der Waals surface area contributed by atoms with Gasteiger partial charge in [-0.05, 0) is 52.0 Å². The Kier molecular flexibility index (Phi) is 8.38. The number of hydrogen-bond donors (Lipinski definition) is 0. The molecule has 0 aliphatic heterocycles. The van der Waals surface area contributed by atoms with Gasteiger partial charge in [0.15, 0.2) is 6.10 Å². The zero-order valence-corrected chi connectivity index (χ0v) is 14.6. The van der Waals surface area contributed by atoms with Crippen LogP contribution in [0.2, 0.25) is 0 Å². The second kappa shape index (κ2) is 10.0. The molecule has 0 fully saturated rings. The van der Waals surface area contributed by atoms with Crippen molar-refractivity contribution < 1.29 is 13.9 Å². The number of nitrogens with zero attached hydrogens (tertiary/aromatic N) is 1. The molecule has 0 unspecified atom stereocenters. The highest BCUT2D eigenvalue weighted by Gasteiger charge is 2.20. The smallest absolute Gasteiger partial charge is 0.216 e. The number of aromatic nitrogens is 1. The predicted octanol–water partition coefficient (Wildman–Crippen LogP) is 5.29. The molecule has 0 aliphatic rings. The molecule has 0 aliphatic carbocycles. The third-order valence-corrected chi connectivity index (χ3v) is 3.47. The number of halogens is 1. The summed E-state index contributed by atoms with van der Waals surface area (Å²) in [5.41, 5.74) is 1.33. The molecule has 0 amide bonds. The highest BCUT2D eigenvalue weighted by Crippen LogP contribution is 2.22. The van der Waals surface area contributed by atoms with Crippen LogP contribution in [0.3, 0.4) is 0 Å². The van der Waals surface area contributed by atoms with Gasteiger partial charge in [0.25, 0.3) is 0 Å². The molecule has 128 valence electrons. The Morgan fingerprint density at radius 1 is 1.39 bits per heavy atom. The summed E-state index contributed by atoms with van der Waals surface area (Å²) < 4.78 is 24.5. The van der Waals surface area contributed by atoms with Gasteiger partial charge in [0.2, 0.25) is 11.8 Å². The van der Waals surface area contributed by atoms with Gasteiger partial charge in [-0.25, -0.2) is 0 Å². The van der Waals surface area contributed by atoms with E-state index in [0.29, 0.717) is 18.3 Å². The van der Waals surface area contributed by atoms with E-state index in [0.717, 1.165) is 19.3 Å². The Hall–Kier alpha value is -1.84. The molecule has 4 heteroatoms. The lowest BCUT2D eigenvalue weighted by Gasteiger charge is -2.23. The van der Waals surface area contributed by atoms with E-state index < -0.39 is 5.95 Å². The van der Waals surface area contributed by atoms with Gasteiger partial charge >= 0.3 is 0 Å². The van der Waals surface area contributed by atoms with Crippen molar-refractivity contribution >= 4 is 0 Å². The third kappa shape index (κ3) is 7.82. The predicted molar refractivity (Wildman–Crippen MR) is 91.8 cm³/mol. The zero-order chi connectivity index (χ0) is 17.2. The van der Waals surface area contributed by atoms with Gasteiger partial charge in [-0.3, -0.25) is 0 Å². The van der Waals surface area contributed by atoms with E-state index in [1.807, 2.05) is 6.92 Å². The second-order valence-electron chi connectivity index (χ2n) is 6.00. The number of pyridine rings is 1. The molecule has 1 aromatic heterocycles. The highest BCUT2D eigenvalue weighted by molar-refractivity contribution is 5.12. The lowest BCUT2D eigenvalue weighted by atomic mass is 9.97. The molecule has 3 nitrogen and oxygen atoms in total. The fourth-order valence-electron chi connectivity index (χ4n) is 2.26. The van der Waals surface area contributed by atoms with Crippen molar-refractivity contribution in [2.45, 2.75) is 53.1 Å². The van der Waals surface area contributed by atoms with Crippen molar-refractivity contribution in [1.29, 1.82) is 0 Å². The van der Waals surface area contributed by atoms with Crippen LogP contribution < -0.4 is 4.74 Å². The van der Waals surface area contributed by atoms with E-state index in [-0.39, 0.29) is 12.0 Å². The monoisotopic (exact) mass is 321 g/mol.